The maximum absolute atomic E-state index is 10.3. The van der Waals surface area contributed by atoms with E-state index in [0.717, 1.165) is 13.0 Å². The molecule has 10 heteroatoms. The fourth-order valence-electron chi connectivity index (χ4n) is 4.20. The maximum Gasteiger partial charge on any atom is 0.305 e. The Bertz CT molecular complexity index is 524. The van der Waals surface area contributed by atoms with Gasteiger partial charge in [-0.15, -0.1) is 0 Å². The van der Waals surface area contributed by atoms with Gasteiger partial charge in [0.25, 0.3) is 0 Å². The Labute approximate surface area is 262 Å². The molecule has 0 rings (SSSR count). The highest BCUT2D eigenvalue weighted by atomic mass is 16.6. The van der Waals surface area contributed by atoms with E-state index in [-0.39, 0.29) is 13.0 Å². The van der Waals surface area contributed by atoms with E-state index in [0.29, 0.717) is 92.5 Å². The van der Waals surface area contributed by atoms with Crippen LogP contribution in [0.3, 0.4) is 0 Å². The molecule has 0 fully saturated rings. The predicted molar refractivity (Wildman–Crippen MR) is 169 cm³/mol. The molecule has 0 aliphatic rings. The first kappa shape index (κ1) is 42.1. The molecule has 0 saturated carbocycles. The van der Waals surface area contributed by atoms with Crippen LogP contribution in [0.25, 0.3) is 0 Å². The molecule has 0 aromatic rings. The van der Waals surface area contributed by atoms with E-state index in [2.05, 4.69) is 6.92 Å². The van der Waals surface area contributed by atoms with Crippen LogP contribution < -0.4 is 0 Å². The highest BCUT2D eigenvalue weighted by Gasteiger charge is 1.98. The number of ether oxygens (including phenoxy) is 8. The topological polar surface area (TPSA) is 111 Å². The Kier molecular flexibility index (Phi) is 38.4. The molecule has 0 aromatic carbocycles. The molecule has 0 amide bonds. The molecule has 10 nitrogen and oxygen atoms in total. The largest absolute Gasteiger partial charge is 0.481 e. The first-order valence-corrected chi connectivity index (χ1v) is 17.1. The molecule has 258 valence electrons. The van der Waals surface area contributed by atoms with Crippen LogP contribution in [0.5, 0.6) is 0 Å². The van der Waals surface area contributed by atoms with Crippen molar-refractivity contribution in [1.29, 1.82) is 0 Å². The van der Waals surface area contributed by atoms with Crippen molar-refractivity contribution in [2.24, 2.45) is 0 Å². The summed E-state index contributed by atoms with van der Waals surface area (Å²) in [6.07, 6.45) is 19.2. The molecule has 0 atom stereocenters. The third kappa shape index (κ3) is 41.1. The van der Waals surface area contributed by atoms with Gasteiger partial charge in [0, 0.05) is 6.61 Å². The second kappa shape index (κ2) is 39.2. The molecule has 0 radical (unpaired) electrons. The molecule has 0 spiro atoms. The second-order valence-corrected chi connectivity index (χ2v) is 10.6. The lowest BCUT2D eigenvalue weighted by atomic mass is 10.0. The van der Waals surface area contributed by atoms with Crippen LogP contribution in [0, 0.1) is 0 Å². The zero-order valence-electron chi connectivity index (χ0n) is 27.5. The average molecular weight is 623 g/mol. The van der Waals surface area contributed by atoms with E-state index in [1.807, 2.05) is 0 Å². The third-order valence-electron chi connectivity index (χ3n) is 6.71. The van der Waals surface area contributed by atoms with E-state index in [9.17, 15) is 4.79 Å². The number of hydrogen-bond acceptors (Lipinski definition) is 9. The molecular weight excluding hydrogens is 556 g/mol. The lowest BCUT2D eigenvalue weighted by Crippen LogP contribution is -2.15. The van der Waals surface area contributed by atoms with Crippen molar-refractivity contribution in [3.63, 3.8) is 0 Å². The predicted octanol–water partition coefficient (Wildman–Crippen LogP) is 6.08. The summed E-state index contributed by atoms with van der Waals surface area (Å²) >= 11 is 0. The molecule has 43 heavy (non-hydrogen) atoms. The van der Waals surface area contributed by atoms with Crippen molar-refractivity contribution >= 4 is 5.97 Å². The van der Waals surface area contributed by atoms with E-state index < -0.39 is 5.97 Å². The van der Waals surface area contributed by atoms with Gasteiger partial charge < -0.3 is 43.0 Å². The summed E-state index contributed by atoms with van der Waals surface area (Å²) in [5.41, 5.74) is 0. The molecule has 0 heterocycles. The third-order valence-corrected chi connectivity index (χ3v) is 6.71. The Balaban J connectivity index is 3.03. The van der Waals surface area contributed by atoms with Crippen molar-refractivity contribution < 1.29 is 47.8 Å². The first-order chi connectivity index (χ1) is 21.3. The summed E-state index contributed by atoms with van der Waals surface area (Å²) in [4.78, 5) is 10.3. The van der Waals surface area contributed by atoms with Gasteiger partial charge in [0.15, 0.2) is 0 Å². The van der Waals surface area contributed by atoms with Gasteiger partial charge in [0.2, 0.25) is 0 Å². The fraction of sp³-hybridized carbons (Fsp3) is 0.970. The van der Waals surface area contributed by atoms with Gasteiger partial charge >= 0.3 is 5.97 Å². The number of carbonyl (C=O) groups is 1. The van der Waals surface area contributed by atoms with Crippen LogP contribution in [0.2, 0.25) is 0 Å². The van der Waals surface area contributed by atoms with Crippen LogP contribution in [0.15, 0.2) is 0 Å². The highest BCUT2D eigenvalue weighted by molar-refractivity contribution is 5.66. The standard InChI is InChI=1S/C33H66O10/c1-2-3-4-5-6-7-8-9-10-11-12-13-14-15-17-36-19-21-38-23-25-40-27-29-42-31-32-43-30-28-41-26-24-39-22-20-37-18-16-33(34)35/h2-32H2,1H3,(H,34,35). The van der Waals surface area contributed by atoms with Crippen molar-refractivity contribution in [1.82, 2.24) is 0 Å². The molecule has 0 aliphatic carbocycles. The smallest absolute Gasteiger partial charge is 0.305 e. The van der Waals surface area contributed by atoms with Crippen LogP contribution >= 0.6 is 0 Å². The summed E-state index contributed by atoms with van der Waals surface area (Å²) in [7, 11) is 0. The summed E-state index contributed by atoms with van der Waals surface area (Å²) in [6, 6.07) is 0. The molecule has 0 saturated heterocycles. The Hall–Kier alpha value is -0.850. The van der Waals surface area contributed by atoms with Crippen molar-refractivity contribution in [2.45, 2.75) is 103 Å². The van der Waals surface area contributed by atoms with E-state index in [1.165, 1.54) is 83.5 Å². The second-order valence-electron chi connectivity index (χ2n) is 10.6. The van der Waals surface area contributed by atoms with Crippen LogP contribution in [-0.4, -0.2) is 117 Å². The number of carboxylic acids is 1. The van der Waals surface area contributed by atoms with Gasteiger partial charge in [-0.25, -0.2) is 0 Å². The Morgan fingerprint density at radius 2 is 0.581 bits per heavy atom. The number of unbranched alkanes of at least 4 members (excludes halogenated alkanes) is 13. The lowest BCUT2D eigenvalue weighted by molar-refractivity contribution is -0.138. The molecule has 0 aromatic heterocycles. The first-order valence-electron chi connectivity index (χ1n) is 17.1. The molecular formula is C33H66O10. The number of aliphatic carboxylic acids is 1. The Morgan fingerprint density at radius 1 is 0.349 bits per heavy atom. The van der Waals surface area contributed by atoms with Crippen molar-refractivity contribution in [3.05, 3.63) is 0 Å². The summed E-state index contributed by atoms with van der Waals surface area (Å²) in [5, 5.41) is 8.49. The minimum Gasteiger partial charge on any atom is -0.481 e. The van der Waals surface area contributed by atoms with Crippen LogP contribution in [0.1, 0.15) is 103 Å². The highest BCUT2D eigenvalue weighted by Crippen LogP contribution is 2.12. The van der Waals surface area contributed by atoms with Crippen molar-refractivity contribution in [2.75, 3.05) is 106 Å². The quantitative estimate of drug-likeness (QED) is 0.0811. The molecule has 1 N–H and O–H groups in total. The van der Waals surface area contributed by atoms with Crippen LogP contribution in [0.4, 0.5) is 0 Å². The zero-order valence-corrected chi connectivity index (χ0v) is 27.5. The minimum absolute atomic E-state index is 0.00748. The monoisotopic (exact) mass is 622 g/mol. The normalized spacial score (nSPS) is 11.5. The van der Waals surface area contributed by atoms with Gasteiger partial charge in [0.1, 0.15) is 0 Å². The van der Waals surface area contributed by atoms with Gasteiger partial charge in [-0.05, 0) is 6.42 Å². The minimum atomic E-state index is -0.865. The summed E-state index contributed by atoms with van der Waals surface area (Å²) in [6.45, 7) is 10.5. The molecule has 0 aliphatic heterocycles. The van der Waals surface area contributed by atoms with Gasteiger partial charge in [-0.2, -0.15) is 0 Å². The van der Waals surface area contributed by atoms with Gasteiger partial charge in [-0.1, -0.05) is 90.4 Å². The van der Waals surface area contributed by atoms with Gasteiger partial charge in [0.05, 0.1) is 106 Å². The molecule has 0 bridgehead atoms. The zero-order chi connectivity index (χ0) is 31.2. The summed E-state index contributed by atoms with van der Waals surface area (Å²) in [5.74, 6) is -0.865. The number of carboxylic acid groups (broad SMARTS) is 1. The van der Waals surface area contributed by atoms with E-state index >= 15 is 0 Å². The van der Waals surface area contributed by atoms with Crippen LogP contribution in [-0.2, 0) is 42.7 Å². The van der Waals surface area contributed by atoms with Gasteiger partial charge in [-0.3, -0.25) is 4.79 Å². The van der Waals surface area contributed by atoms with Crippen molar-refractivity contribution in [3.8, 4) is 0 Å². The fourth-order valence-corrected chi connectivity index (χ4v) is 4.20. The molecule has 0 unspecified atom stereocenters. The SMILES string of the molecule is CCCCCCCCCCCCCCCCOCCOCCOCCOCCOCCOCCOCCOCCC(=O)O. The number of hydrogen-bond donors (Lipinski definition) is 1. The van der Waals surface area contributed by atoms with E-state index in [4.69, 9.17) is 43.0 Å². The Morgan fingerprint density at radius 3 is 0.860 bits per heavy atom. The van der Waals surface area contributed by atoms with E-state index in [1.54, 1.807) is 0 Å². The number of rotatable bonds is 39. The lowest BCUT2D eigenvalue weighted by Gasteiger charge is -2.08. The average Bonchev–Trinajstić information content (AvgIpc) is 3.00. The summed E-state index contributed by atoms with van der Waals surface area (Å²) < 4.78 is 43.5. The maximum atomic E-state index is 10.3.